The molecule has 0 aliphatic heterocycles. The van der Waals surface area contributed by atoms with E-state index in [-0.39, 0.29) is 29.5 Å². The first-order chi connectivity index (χ1) is 7.64. The van der Waals surface area contributed by atoms with Crippen LogP contribution in [0.4, 0.5) is 0 Å². The van der Waals surface area contributed by atoms with E-state index in [4.69, 9.17) is 11.6 Å². The lowest BCUT2D eigenvalue weighted by molar-refractivity contribution is -0.0715. The Balaban J connectivity index is 2.22. The summed E-state index contributed by atoms with van der Waals surface area (Å²) < 4.78 is 0. The topological polar surface area (TPSA) is 40.5 Å². The van der Waals surface area contributed by atoms with E-state index < -0.39 is 0 Å². The summed E-state index contributed by atoms with van der Waals surface area (Å²) in [7, 11) is 0. The number of aliphatic hydroxyl groups excluding tert-OH is 2. The normalized spacial score (nSPS) is 48.0. The molecule has 2 aliphatic carbocycles. The third kappa shape index (κ3) is 1.89. The maximum atomic E-state index is 10.2. The van der Waals surface area contributed by atoms with Crippen LogP contribution in [-0.2, 0) is 0 Å². The fourth-order valence-electron chi connectivity index (χ4n) is 4.20. The number of fused-ring (bicyclic) bond motifs is 1. The summed E-state index contributed by atoms with van der Waals surface area (Å²) in [6.07, 6.45) is 5.49. The predicted molar refractivity (Wildman–Crippen MR) is 65.5 cm³/mol. The number of rotatable bonds is 3. The molecule has 0 heterocycles. The smallest absolute Gasteiger partial charge is 0.0577 e. The van der Waals surface area contributed by atoms with Crippen molar-refractivity contribution in [3.05, 3.63) is 0 Å². The van der Waals surface area contributed by atoms with Crippen molar-refractivity contribution in [1.29, 1.82) is 0 Å². The highest BCUT2D eigenvalue weighted by Crippen LogP contribution is 2.57. The highest BCUT2D eigenvalue weighted by atomic mass is 35.5. The van der Waals surface area contributed by atoms with Crippen LogP contribution >= 0.6 is 11.6 Å². The molecule has 2 aliphatic rings. The molecular weight excluding hydrogens is 224 g/mol. The van der Waals surface area contributed by atoms with Gasteiger partial charge in [0.2, 0.25) is 0 Å². The molecule has 0 radical (unpaired) electrons. The second-order valence-electron chi connectivity index (χ2n) is 5.60. The lowest BCUT2D eigenvalue weighted by atomic mass is 9.60. The Bertz CT molecular complexity index is 246. The van der Waals surface area contributed by atoms with Gasteiger partial charge in [0.05, 0.1) is 12.2 Å². The van der Waals surface area contributed by atoms with Crippen molar-refractivity contribution in [2.75, 3.05) is 5.88 Å². The van der Waals surface area contributed by atoms with Gasteiger partial charge in [-0.25, -0.2) is 0 Å². The lowest BCUT2D eigenvalue weighted by Crippen LogP contribution is -2.46. The van der Waals surface area contributed by atoms with Gasteiger partial charge in [0, 0.05) is 5.88 Å². The van der Waals surface area contributed by atoms with Crippen molar-refractivity contribution < 1.29 is 10.2 Å². The third-order valence-corrected chi connectivity index (χ3v) is 5.32. The highest BCUT2D eigenvalue weighted by Gasteiger charge is 2.53. The van der Waals surface area contributed by atoms with Crippen molar-refractivity contribution in [2.45, 2.75) is 57.7 Å². The van der Waals surface area contributed by atoms with E-state index in [1.54, 1.807) is 0 Å². The first-order valence-corrected chi connectivity index (χ1v) is 7.10. The quantitative estimate of drug-likeness (QED) is 0.752. The summed E-state index contributed by atoms with van der Waals surface area (Å²) in [6.45, 7) is 2.22. The molecule has 0 aromatic heterocycles. The minimum absolute atomic E-state index is 0.212. The molecule has 3 heteroatoms. The van der Waals surface area contributed by atoms with Gasteiger partial charge in [-0.15, -0.1) is 11.6 Å². The Morgan fingerprint density at radius 2 is 1.81 bits per heavy atom. The Hall–Kier alpha value is 0.210. The summed E-state index contributed by atoms with van der Waals surface area (Å²) in [4.78, 5) is 0. The maximum Gasteiger partial charge on any atom is 0.0577 e. The van der Waals surface area contributed by atoms with Crippen LogP contribution in [0.25, 0.3) is 0 Å². The summed E-state index contributed by atoms with van der Waals surface area (Å²) in [6, 6.07) is 0. The van der Waals surface area contributed by atoms with Gasteiger partial charge in [0.1, 0.15) is 0 Å². The Labute approximate surface area is 103 Å². The Kier molecular flexibility index (Phi) is 3.82. The zero-order valence-electron chi connectivity index (χ0n) is 10.0. The number of alkyl halides is 1. The van der Waals surface area contributed by atoms with Crippen LogP contribution in [0, 0.1) is 17.3 Å². The van der Waals surface area contributed by atoms with E-state index in [1.807, 2.05) is 0 Å². The Morgan fingerprint density at radius 1 is 1.19 bits per heavy atom. The van der Waals surface area contributed by atoms with E-state index in [0.717, 1.165) is 38.5 Å². The molecule has 2 nitrogen and oxygen atoms in total. The number of aliphatic hydroxyl groups is 2. The van der Waals surface area contributed by atoms with Crippen LogP contribution in [-0.4, -0.2) is 28.3 Å². The molecule has 0 bridgehead atoms. The van der Waals surface area contributed by atoms with Crippen molar-refractivity contribution in [1.82, 2.24) is 0 Å². The molecule has 16 heavy (non-hydrogen) atoms. The fraction of sp³-hybridized carbons (Fsp3) is 1.00. The summed E-state index contributed by atoms with van der Waals surface area (Å²) in [5.41, 5.74) is 0.287. The lowest BCUT2D eigenvalue weighted by Gasteiger charge is -2.47. The fourth-order valence-corrected chi connectivity index (χ4v) is 4.45. The number of hydrogen-bond acceptors (Lipinski definition) is 2. The molecule has 2 rings (SSSR count). The van der Waals surface area contributed by atoms with Gasteiger partial charge in [-0.2, -0.15) is 0 Å². The van der Waals surface area contributed by atoms with Gasteiger partial charge in [0.25, 0.3) is 0 Å². The minimum Gasteiger partial charge on any atom is -0.393 e. The maximum absolute atomic E-state index is 10.2. The zero-order chi connectivity index (χ0) is 11.8. The summed E-state index contributed by atoms with van der Waals surface area (Å²) >= 11 is 5.83. The Morgan fingerprint density at radius 3 is 2.38 bits per heavy atom. The molecule has 94 valence electrons. The highest BCUT2D eigenvalue weighted by molar-refractivity contribution is 6.17. The first-order valence-electron chi connectivity index (χ1n) is 6.56. The van der Waals surface area contributed by atoms with Crippen LogP contribution in [0.1, 0.15) is 45.4 Å². The largest absolute Gasteiger partial charge is 0.393 e. The summed E-state index contributed by atoms with van der Waals surface area (Å²) in [5.74, 6) is 1.08. The molecular formula is C13H23ClO2. The summed E-state index contributed by atoms with van der Waals surface area (Å²) in [5, 5.41) is 20.3. The SMILES string of the molecule is CC[C@@]12CCC(O)C(CCCl)[C@@H]1C(O)CC2. The van der Waals surface area contributed by atoms with E-state index in [0.29, 0.717) is 5.88 Å². The van der Waals surface area contributed by atoms with Crippen molar-refractivity contribution >= 4 is 11.6 Å². The average molecular weight is 247 g/mol. The van der Waals surface area contributed by atoms with Crippen LogP contribution in [0.15, 0.2) is 0 Å². The van der Waals surface area contributed by atoms with Crippen molar-refractivity contribution in [2.24, 2.45) is 17.3 Å². The molecule has 0 saturated heterocycles. The molecule has 0 aromatic carbocycles. The van der Waals surface area contributed by atoms with E-state index in [2.05, 4.69) is 6.92 Å². The van der Waals surface area contributed by atoms with E-state index >= 15 is 0 Å². The van der Waals surface area contributed by atoms with E-state index in [1.165, 1.54) is 0 Å². The van der Waals surface area contributed by atoms with Gasteiger partial charge in [-0.1, -0.05) is 13.3 Å². The third-order valence-electron chi connectivity index (χ3n) is 5.10. The number of hydrogen-bond donors (Lipinski definition) is 2. The van der Waals surface area contributed by atoms with Crippen LogP contribution < -0.4 is 0 Å². The second-order valence-corrected chi connectivity index (χ2v) is 5.97. The van der Waals surface area contributed by atoms with Gasteiger partial charge in [-0.05, 0) is 49.4 Å². The molecule has 0 amide bonds. The van der Waals surface area contributed by atoms with Gasteiger partial charge >= 0.3 is 0 Å². The molecule has 2 saturated carbocycles. The van der Waals surface area contributed by atoms with Gasteiger partial charge in [0.15, 0.2) is 0 Å². The molecule has 5 atom stereocenters. The van der Waals surface area contributed by atoms with Crippen LogP contribution in [0.3, 0.4) is 0 Å². The number of halogens is 1. The van der Waals surface area contributed by atoms with Crippen molar-refractivity contribution in [3.63, 3.8) is 0 Å². The average Bonchev–Trinajstić information content (AvgIpc) is 2.62. The van der Waals surface area contributed by atoms with Gasteiger partial charge < -0.3 is 10.2 Å². The molecule has 2 N–H and O–H groups in total. The predicted octanol–water partition coefficient (Wildman–Crippen LogP) is 2.55. The monoisotopic (exact) mass is 246 g/mol. The van der Waals surface area contributed by atoms with E-state index in [9.17, 15) is 10.2 Å². The molecule has 0 aromatic rings. The second kappa shape index (κ2) is 4.83. The van der Waals surface area contributed by atoms with Crippen LogP contribution in [0.2, 0.25) is 0 Å². The van der Waals surface area contributed by atoms with Gasteiger partial charge in [-0.3, -0.25) is 0 Å². The molecule has 2 fully saturated rings. The molecule has 3 unspecified atom stereocenters. The minimum atomic E-state index is -0.254. The van der Waals surface area contributed by atoms with Crippen LogP contribution in [0.5, 0.6) is 0 Å². The standard InChI is InChI=1S/C13H23ClO2/c1-2-13-6-3-10(15)9(5-8-14)12(13)11(16)4-7-13/h9-12,15-16H,2-8H2,1H3/t9?,10?,11?,12-,13+/m1/s1. The zero-order valence-corrected chi connectivity index (χ0v) is 10.8. The molecule has 0 spiro atoms. The van der Waals surface area contributed by atoms with Crippen molar-refractivity contribution in [3.8, 4) is 0 Å². The first kappa shape index (κ1) is 12.7.